The van der Waals surface area contributed by atoms with Crippen molar-refractivity contribution in [1.82, 2.24) is 19.7 Å². The average molecular weight is 334 g/mol. The van der Waals surface area contributed by atoms with Crippen molar-refractivity contribution in [1.29, 1.82) is 0 Å². The molecule has 1 N–H and O–H groups in total. The molecule has 0 radical (unpaired) electrons. The molecule has 1 aliphatic heterocycles. The Morgan fingerprint density at radius 3 is 2.83 bits per heavy atom. The predicted octanol–water partition coefficient (Wildman–Crippen LogP) is 2.55. The number of rotatable bonds is 4. The number of likely N-dealkylation sites (tertiary alicyclic amines) is 1. The van der Waals surface area contributed by atoms with Gasteiger partial charge in [-0.05, 0) is 38.4 Å². The van der Waals surface area contributed by atoms with E-state index in [1.165, 1.54) is 0 Å². The Kier molecular flexibility index (Phi) is 4.63. The molecule has 0 spiro atoms. The summed E-state index contributed by atoms with van der Waals surface area (Å²) in [5.41, 5.74) is 2.74. The molecule has 0 aromatic carbocycles. The number of anilines is 1. The first-order chi connectivity index (χ1) is 11.1. The number of nitrogens with zero attached hydrogens (tertiary/aromatic N) is 4. The van der Waals surface area contributed by atoms with Crippen LogP contribution in [0.15, 0.2) is 24.5 Å². The Hall–Kier alpha value is -1.92. The summed E-state index contributed by atoms with van der Waals surface area (Å²) in [7, 11) is 1.84. The molecule has 2 aromatic heterocycles. The molecule has 1 saturated heterocycles. The van der Waals surface area contributed by atoms with E-state index < -0.39 is 0 Å². The monoisotopic (exact) mass is 333 g/mol. The van der Waals surface area contributed by atoms with Gasteiger partial charge < -0.3 is 5.32 Å². The summed E-state index contributed by atoms with van der Waals surface area (Å²) >= 11 is 6.39. The van der Waals surface area contributed by atoms with Gasteiger partial charge >= 0.3 is 0 Å². The molecule has 7 heteroatoms. The fraction of sp³-hybridized carbons (Fsp3) is 0.438. The van der Waals surface area contributed by atoms with Gasteiger partial charge in [-0.1, -0.05) is 11.6 Å². The van der Waals surface area contributed by atoms with Gasteiger partial charge in [-0.15, -0.1) is 0 Å². The van der Waals surface area contributed by atoms with Gasteiger partial charge in [0.1, 0.15) is 5.15 Å². The number of carbonyl (C=O) groups is 1. The fourth-order valence-electron chi connectivity index (χ4n) is 3.19. The van der Waals surface area contributed by atoms with E-state index in [1.807, 2.05) is 14.0 Å². The van der Waals surface area contributed by atoms with Crippen molar-refractivity contribution in [2.24, 2.45) is 7.05 Å². The largest absolute Gasteiger partial charge is 0.325 e. The van der Waals surface area contributed by atoms with Crippen LogP contribution in [0.4, 0.5) is 5.69 Å². The number of carbonyl (C=O) groups excluding carboxylic acids is 1. The Balaban J connectivity index is 1.71. The molecule has 2 aromatic rings. The van der Waals surface area contributed by atoms with Gasteiger partial charge in [-0.25, -0.2) is 0 Å². The van der Waals surface area contributed by atoms with Crippen LogP contribution in [-0.2, 0) is 11.8 Å². The van der Waals surface area contributed by atoms with Gasteiger partial charge in [-0.2, -0.15) is 5.10 Å². The molecule has 122 valence electrons. The highest BCUT2D eigenvalue weighted by Crippen LogP contribution is 2.37. The molecule has 0 aliphatic carbocycles. The quantitative estimate of drug-likeness (QED) is 0.934. The molecule has 0 bridgehead atoms. The van der Waals surface area contributed by atoms with Crippen molar-refractivity contribution < 1.29 is 4.79 Å². The minimum absolute atomic E-state index is 0.0271. The van der Waals surface area contributed by atoms with E-state index in [0.717, 1.165) is 36.3 Å². The van der Waals surface area contributed by atoms with Crippen LogP contribution in [0, 0.1) is 6.92 Å². The highest BCUT2D eigenvalue weighted by molar-refractivity contribution is 6.30. The predicted molar refractivity (Wildman–Crippen MR) is 89.4 cm³/mol. The minimum atomic E-state index is -0.0271. The van der Waals surface area contributed by atoms with Crippen molar-refractivity contribution in [2.75, 3.05) is 18.4 Å². The number of aryl methyl sites for hydroxylation is 2. The topological polar surface area (TPSA) is 63.1 Å². The standard InChI is InChI=1S/C16H20ClN5O/c1-11-15(16(17)21(2)20-11)13-4-3-9-22(13)10-14(23)19-12-5-7-18-8-6-12/h5-8,13H,3-4,9-10H2,1-2H3,(H,18,19,23)/t13-/m0/s1. The lowest BCUT2D eigenvalue weighted by Crippen LogP contribution is -2.33. The molecule has 1 amide bonds. The van der Waals surface area contributed by atoms with Crippen LogP contribution in [0.25, 0.3) is 0 Å². The second kappa shape index (κ2) is 6.68. The first-order valence-corrected chi connectivity index (χ1v) is 8.07. The third-order valence-electron chi connectivity index (χ3n) is 4.20. The molecule has 1 aliphatic rings. The molecule has 0 saturated carbocycles. The first kappa shape index (κ1) is 16.0. The lowest BCUT2D eigenvalue weighted by Gasteiger charge is -2.24. The van der Waals surface area contributed by atoms with Crippen molar-refractivity contribution in [3.05, 3.63) is 40.9 Å². The molecule has 23 heavy (non-hydrogen) atoms. The number of hydrogen-bond donors (Lipinski definition) is 1. The number of pyridine rings is 1. The third kappa shape index (κ3) is 3.38. The van der Waals surface area contributed by atoms with Crippen molar-refractivity contribution >= 4 is 23.2 Å². The molecule has 6 nitrogen and oxygen atoms in total. The van der Waals surface area contributed by atoms with Crippen molar-refractivity contribution in [3.8, 4) is 0 Å². The maximum atomic E-state index is 12.3. The van der Waals surface area contributed by atoms with Crippen LogP contribution in [0.1, 0.15) is 30.1 Å². The molecular weight excluding hydrogens is 314 g/mol. The highest BCUT2D eigenvalue weighted by atomic mass is 35.5. The van der Waals surface area contributed by atoms with Gasteiger partial charge in [0.2, 0.25) is 5.91 Å². The summed E-state index contributed by atoms with van der Waals surface area (Å²) < 4.78 is 1.69. The van der Waals surface area contributed by atoms with Crippen LogP contribution >= 0.6 is 11.6 Å². The molecule has 3 heterocycles. The number of nitrogens with one attached hydrogen (secondary N) is 1. The molecule has 3 rings (SSSR count). The molecule has 1 atom stereocenters. The Morgan fingerprint density at radius 1 is 1.43 bits per heavy atom. The highest BCUT2D eigenvalue weighted by Gasteiger charge is 2.32. The van der Waals surface area contributed by atoms with Gasteiger partial charge in [0.05, 0.1) is 12.2 Å². The summed E-state index contributed by atoms with van der Waals surface area (Å²) in [6, 6.07) is 3.71. The fourth-order valence-corrected chi connectivity index (χ4v) is 3.49. The average Bonchev–Trinajstić information content (AvgIpc) is 3.05. The lowest BCUT2D eigenvalue weighted by atomic mass is 10.1. The second-order valence-corrected chi connectivity index (χ2v) is 6.18. The third-order valence-corrected chi connectivity index (χ3v) is 4.65. The lowest BCUT2D eigenvalue weighted by molar-refractivity contribution is -0.117. The van der Waals surface area contributed by atoms with Crippen LogP contribution < -0.4 is 5.32 Å². The zero-order valence-electron chi connectivity index (χ0n) is 13.3. The minimum Gasteiger partial charge on any atom is -0.325 e. The maximum absolute atomic E-state index is 12.3. The zero-order chi connectivity index (χ0) is 16.4. The molecular formula is C16H20ClN5O. The SMILES string of the molecule is Cc1nn(C)c(Cl)c1[C@@H]1CCCN1CC(=O)Nc1ccncc1. The number of amides is 1. The number of hydrogen-bond acceptors (Lipinski definition) is 4. The van der Waals surface area contributed by atoms with E-state index in [-0.39, 0.29) is 11.9 Å². The Labute approximate surface area is 140 Å². The van der Waals surface area contributed by atoms with Crippen molar-refractivity contribution in [2.45, 2.75) is 25.8 Å². The Morgan fingerprint density at radius 2 is 2.17 bits per heavy atom. The first-order valence-electron chi connectivity index (χ1n) is 7.69. The number of aromatic nitrogens is 3. The van der Waals surface area contributed by atoms with Gasteiger partial charge in [-0.3, -0.25) is 19.4 Å². The molecule has 0 unspecified atom stereocenters. The number of halogens is 1. The van der Waals surface area contributed by atoms with Gasteiger partial charge in [0, 0.05) is 36.7 Å². The summed E-state index contributed by atoms with van der Waals surface area (Å²) in [6.07, 6.45) is 5.37. The van der Waals surface area contributed by atoms with E-state index in [0.29, 0.717) is 11.7 Å². The van der Waals surface area contributed by atoms with Crippen LogP contribution in [0.5, 0.6) is 0 Å². The van der Waals surface area contributed by atoms with Crippen LogP contribution in [-0.4, -0.2) is 38.7 Å². The van der Waals surface area contributed by atoms with Crippen LogP contribution in [0.3, 0.4) is 0 Å². The Bertz CT molecular complexity index is 700. The maximum Gasteiger partial charge on any atom is 0.238 e. The summed E-state index contributed by atoms with van der Waals surface area (Å²) in [5.74, 6) is -0.0271. The summed E-state index contributed by atoms with van der Waals surface area (Å²) in [5, 5.41) is 7.95. The second-order valence-electron chi connectivity index (χ2n) is 5.83. The summed E-state index contributed by atoms with van der Waals surface area (Å²) in [4.78, 5) is 18.4. The molecule has 1 fully saturated rings. The van der Waals surface area contributed by atoms with E-state index in [4.69, 9.17) is 11.6 Å². The summed E-state index contributed by atoms with van der Waals surface area (Å²) in [6.45, 7) is 3.20. The smallest absolute Gasteiger partial charge is 0.238 e. The van der Waals surface area contributed by atoms with E-state index in [9.17, 15) is 4.79 Å². The van der Waals surface area contributed by atoms with E-state index in [2.05, 4.69) is 20.3 Å². The van der Waals surface area contributed by atoms with Gasteiger partial charge in [0.25, 0.3) is 0 Å². The van der Waals surface area contributed by atoms with E-state index in [1.54, 1.807) is 29.2 Å². The zero-order valence-corrected chi connectivity index (χ0v) is 14.0. The van der Waals surface area contributed by atoms with Crippen molar-refractivity contribution in [3.63, 3.8) is 0 Å². The normalized spacial score (nSPS) is 18.3. The van der Waals surface area contributed by atoms with Gasteiger partial charge in [0.15, 0.2) is 0 Å². The van der Waals surface area contributed by atoms with E-state index >= 15 is 0 Å². The van der Waals surface area contributed by atoms with Crippen LogP contribution in [0.2, 0.25) is 5.15 Å².